The zero-order valence-corrected chi connectivity index (χ0v) is 12.0. The monoisotopic (exact) mass is 298 g/mol. The Morgan fingerprint density at radius 3 is 2.63 bits per heavy atom. The van der Waals surface area contributed by atoms with Crippen LogP contribution in [0.1, 0.15) is 4.88 Å². The van der Waals surface area contributed by atoms with Gasteiger partial charge in [-0.3, -0.25) is 0 Å². The summed E-state index contributed by atoms with van der Waals surface area (Å²) in [6.45, 7) is 0.358. The topological polar surface area (TPSA) is 84.0 Å². The van der Waals surface area contributed by atoms with Crippen molar-refractivity contribution in [3.8, 4) is 0 Å². The lowest BCUT2D eigenvalue weighted by molar-refractivity contribution is 0.581. The predicted molar refractivity (Wildman–Crippen MR) is 74.8 cm³/mol. The zero-order chi connectivity index (χ0) is 13.7. The minimum atomic E-state index is -3.54. The maximum absolute atomic E-state index is 12.0. The van der Waals surface area contributed by atoms with Crippen molar-refractivity contribution >= 4 is 27.3 Å². The molecule has 0 amide bonds. The first kappa shape index (κ1) is 13.9. The van der Waals surface area contributed by atoms with Gasteiger partial charge in [-0.2, -0.15) is 0 Å². The van der Waals surface area contributed by atoms with Crippen molar-refractivity contribution in [3.63, 3.8) is 0 Å². The maximum Gasteiger partial charge on any atom is 0.243 e. The third kappa shape index (κ3) is 3.72. The summed E-state index contributed by atoms with van der Waals surface area (Å²) in [5, 5.41) is 4.70. The maximum atomic E-state index is 12.0. The molecule has 0 aromatic carbocycles. The number of hydrogen-bond donors (Lipinski definition) is 2. The number of nitrogens with one attached hydrogen (secondary N) is 2. The molecule has 2 rings (SSSR count). The Morgan fingerprint density at radius 2 is 2.05 bits per heavy atom. The first-order valence-electron chi connectivity index (χ1n) is 5.63. The molecule has 0 saturated heterocycles. The van der Waals surface area contributed by atoms with Crippen LogP contribution in [-0.2, 0) is 16.4 Å². The number of hydrogen-bond acceptors (Lipinski definition) is 6. The normalized spacial score (nSPS) is 11.4. The molecule has 2 aromatic heterocycles. The molecule has 0 unspecified atom stereocenters. The number of aromatic nitrogens is 2. The van der Waals surface area contributed by atoms with Crippen LogP contribution in [-0.4, -0.2) is 32.0 Å². The van der Waals surface area contributed by atoms with Crippen LogP contribution >= 0.6 is 11.3 Å². The van der Waals surface area contributed by atoms with Crippen molar-refractivity contribution in [1.29, 1.82) is 0 Å². The van der Waals surface area contributed by atoms with Gasteiger partial charge >= 0.3 is 0 Å². The highest BCUT2D eigenvalue weighted by atomic mass is 32.2. The highest BCUT2D eigenvalue weighted by molar-refractivity contribution is 7.89. The van der Waals surface area contributed by atoms with Gasteiger partial charge in [0.05, 0.1) is 12.4 Å². The molecule has 19 heavy (non-hydrogen) atoms. The van der Waals surface area contributed by atoms with Gasteiger partial charge in [-0.25, -0.2) is 23.1 Å². The summed E-state index contributed by atoms with van der Waals surface area (Å²) in [4.78, 5) is 8.97. The fraction of sp³-hybridized carbons (Fsp3) is 0.273. The number of sulfonamides is 1. The highest BCUT2D eigenvalue weighted by Gasteiger charge is 2.14. The van der Waals surface area contributed by atoms with E-state index in [9.17, 15) is 8.42 Å². The van der Waals surface area contributed by atoms with Crippen LogP contribution < -0.4 is 10.0 Å². The van der Waals surface area contributed by atoms with E-state index >= 15 is 0 Å². The lowest BCUT2D eigenvalue weighted by Gasteiger charge is -2.06. The van der Waals surface area contributed by atoms with Crippen LogP contribution in [0.3, 0.4) is 0 Å². The van der Waals surface area contributed by atoms with Gasteiger partial charge in [0.1, 0.15) is 4.90 Å². The molecule has 2 aromatic rings. The quantitative estimate of drug-likeness (QED) is 0.834. The van der Waals surface area contributed by atoms with E-state index < -0.39 is 10.0 Å². The summed E-state index contributed by atoms with van der Waals surface area (Å²) < 4.78 is 26.4. The van der Waals surface area contributed by atoms with E-state index in [0.717, 1.165) is 4.88 Å². The van der Waals surface area contributed by atoms with Crippen LogP contribution in [0.15, 0.2) is 34.8 Å². The summed E-state index contributed by atoms with van der Waals surface area (Å²) in [7, 11) is -1.87. The molecule has 0 spiro atoms. The average Bonchev–Trinajstić information content (AvgIpc) is 2.92. The van der Waals surface area contributed by atoms with Gasteiger partial charge < -0.3 is 5.32 Å². The van der Waals surface area contributed by atoms with Crippen molar-refractivity contribution < 1.29 is 8.42 Å². The third-order valence-electron chi connectivity index (χ3n) is 2.41. The van der Waals surface area contributed by atoms with E-state index in [2.05, 4.69) is 20.0 Å². The Bertz CT molecular complexity index is 609. The molecule has 2 heterocycles. The molecule has 2 N–H and O–H groups in total. The van der Waals surface area contributed by atoms with Crippen LogP contribution in [0.5, 0.6) is 0 Å². The SMILES string of the molecule is CNc1ncc(S(=O)(=O)NCCc2cccs2)cn1. The minimum Gasteiger partial charge on any atom is -0.357 e. The fourth-order valence-corrected chi connectivity index (χ4v) is 3.06. The van der Waals surface area contributed by atoms with E-state index in [1.54, 1.807) is 18.4 Å². The van der Waals surface area contributed by atoms with E-state index in [0.29, 0.717) is 18.9 Å². The smallest absolute Gasteiger partial charge is 0.243 e. The summed E-state index contributed by atoms with van der Waals surface area (Å²) >= 11 is 1.61. The van der Waals surface area contributed by atoms with Gasteiger partial charge in [-0.05, 0) is 17.9 Å². The largest absolute Gasteiger partial charge is 0.357 e. The van der Waals surface area contributed by atoms with Crippen molar-refractivity contribution in [2.24, 2.45) is 0 Å². The molecule has 6 nitrogen and oxygen atoms in total. The van der Waals surface area contributed by atoms with Gasteiger partial charge in [0.15, 0.2) is 0 Å². The molecule has 0 atom stereocenters. The van der Waals surface area contributed by atoms with Crippen LogP contribution in [0.4, 0.5) is 5.95 Å². The first-order chi connectivity index (χ1) is 9.12. The van der Waals surface area contributed by atoms with Gasteiger partial charge in [0.2, 0.25) is 16.0 Å². The van der Waals surface area contributed by atoms with Crippen LogP contribution in [0.2, 0.25) is 0 Å². The van der Waals surface area contributed by atoms with Crippen molar-refractivity contribution in [1.82, 2.24) is 14.7 Å². The lowest BCUT2D eigenvalue weighted by Crippen LogP contribution is -2.26. The summed E-state index contributed by atoms with van der Waals surface area (Å²) in [6.07, 6.45) is 3.24. The molecule has 0 aliphatic rings. The third-order valence-corrected chi connectivity index (χ3v) is 4.76. The van der Waals surface area contributed by atoms with Crippen LogP contribution in [0.25, 0.3) is 0 Å². The lowest BCUT2D eigenvalue weighted by atomic mass is 10.3. The van der Waals surface area contributed by atoms with Gasteiger partial charge in [0, 0.05) is 18.5 Å². The van der Waals surface area contributed by atoms with E-state index in [1.165, 1.54) is 12.4 Å². The van der Waals surface area contributed by atoms with Crippen molar-refractivity contribution in [3.05, 3.63) is 34.8 Å². The molecule has 0 aliphatic heterocycles. The molecule has 0 saturated carbocycles. The fourth-order valence-electron chi connectivity index (χ4n) is 1.43. The molecule has 102 valence electrons. The van der Waals surface area contributed by atoms with Gasteiger partial charge in [-0.15, -0.1) is 11.3 Å². The number of nitrogens with zero attached hydrogens (tertiary/aromatic N) is 2. The first-order valence-corrected chi connectivity index (χ1v) is 8.00. The second-order valence-corrected chi connectivity index (χ2v) is 6.52. The predicted octanol–water partition coefficient (Wildman–Crippen LogP) is 1.10. The Morgan fingerprint density at radius 1 is 1.32 bits per heavy atom. The van der Waals surface area contributed by atoms with E-state index in [4.69, 9.17) is 0 Å². The standard InChI is InChI=1S/C11H14N4O2S2/c1-12-11-13-7-10(8-14-11)19(16,17)15-5-4-9-3-2-6-18-9/h2-3,6-8,15H,4-5H2,1H3,(H,12,13,14). The average molecular weight is 298 g/mol. The molecule has 0 bridgehead atoms. The van der Waals surface area contributed by atoms with Gasteiger partial charge in [-0.1, -0.05) is 6.07 Å². The van der Waals surface area contributed by atoms with Crippen molar-refractivity contribution in [2.45, 2.75) is 11.3 Å². The van der Waals surface area contributed by atoms with E-state index in [1.807, 2.05) is 17.5 Å². The Balaban J connectivity index is 1.97. The number of rotatable bonds is 6. The molecule has 0 aliphatic carbocycles. The zero-order valence-electron chi connectivity index (χ0n) is 10.3. The van der Waals surface area contributed by atoms with E-state index in [-0.39, 0.29) is 4.90 Å². The molecular weight excluding hydrogens is 284 g/mol. The Hall–Kier alpha value is -1.51. The Labute approximate surface area is 116 Å². The number of thiophene rings is 1. The van der Waals surface area contributed by atoms with Crippen LogP contribution in [0, 0.1) is 0 Å². The second kappa shape index (κ2) is 6.09. The summed E-state index contributed by atoms with van der Waals surface area (Å²) in [5.74, 6) is 0.387. The van der Waals surface area contributed by atoms with Gasteiger partial charge in [0.25, 0.3) is 0 Å². The molecule has 8 heteroatoms. The molecule has 0 fully saturated rings. The minimum absolute atomic E-state index is 0.0673. The molecule has 0 radical (unpaired) electrons. The molecular formula is C11H14N4O2S2. The second-order valence-electron chi connectivity index (χ2n) is 3.72. The summed E-state index contributed by atoms with van der Waals surface area (Å²) in [5.41, 5.74) is 0. The Kier molecular flexibility index (Phi) is 4.46. The van der Waals surface area contributed by atoms with Crippen molar-refractivity contribution in [2.75, 3.05) is 18.9 Å². The summed E-state index contributed by atoms with van der Waals surface area (Å²) in [6, 6.07) is 3.92. The highest BCUT2D eigenvalue weighted by Crippen LogP contribution is 2.10. The number of anilines is 1.